The molecule has 0 spiro atoms. The number of aromatic nitrogens is 4. The standard InChI is InChI=1S/C23H22ClN5O3/c1-3-29-22-17(13-28-29)21(32-14-16-4-5-20(31-2)19(24)10-16)18(12-26-22)23(30)27-11-15-6-8-25-9-7-15/h4-10,12-13H,3,11,14H2,1-2H3,(H,27,30). The lowest BCUT2D eigenvalue weighted by Crippen LogP contribution is -2.23. The lowest BCUT2D eigenvalue weighted by Gasteiger charge is -2.14. The molecule has 0 saturated heterocycles. The third-order valence-electron chi connectivity index (χ3n) is 4.96. The van der Waals surface area contributed by atoms with E-state index in [-0.39, 0.29) is 12.5 Å². The van der Waals surface area contributed by atoms with E-state index in [9.17, 15) is 4.79 Å². The first-order valence-electron chi connectivity index (χ1n) is 10.1. The number of hydrogen-bond donors (Lipinski definition) is 1. The normalized spacial score (nSPS) is 10.8. The maximum Gasteiger partial charge on any atom is 0.256 e. The summed E-state index contributed by atoms with van der Waals surface area (Å²) in [4.78, 5) is 21.4. The molecule has 0 saturated carbocycles. The zero-order valence-electron chi connectivity index (χ0n) is 17.7. The summed E-state index contributed by atoms with van der Waals surface area (Å²) in [5.41, 5.74) is 2.77. The molecular formula is C23H22ClN5O3. The Morgan fingerprint density at radius 1 is 1.16 bits per heavy atom. The largest absolute Gasteiger partial charge is 0.495 e. The summed E-state index contributed by atoms with van der Waals surface area (Å²) in [7, 11) is 1.56. The van der Waals surface area contributed by atoms with Crippen LogP contribution in [0, 0.1) is 0 Å². The predicted octanol–water partition coefficient (Wildman–Crippen LogP) is 4.02. The molecule has 1 aromatic carbocycles. The highest BCUT2D eigenvalue weighted by Crippen LogP contribution is 2.30. The van der Waals surface area contributed by atoms with Crippen molar-refractivity contribution in [3.8, 4) is 11.5 Å². The average Bonchev–Trinajstić information content (AvgIpc) is 3.25. The van der Waals surface area contributed by atoms with Crippen LogP contribution in [0.25, 0.3) is 11.0 Å². The summed E-state index contributed by atoms with van der Waals surface area (Å²) in [6, 6.07) is 9.11. The SMILES string of the molecule is CCn1ncc2c(OCc3ccc(OC)c(Cl)c3)c(C(=O)NCc3ccncc3)cnc21. The van der Waals surface area contributed by atoms with Crippen LogP contribution in [0.4, 0.5) is 0 Å². The van der Waals surface area contributed by atoms with E-state index in [1.54, 1.807) is 42.5 Å². The number of nitrogens with zero attached hydrogens (tertiary/aromatic N) is 4. The minimum absolute atomic E-state index is 0.213. The highest BCUT2D eigenvalue weighted by molar-refractivity contribution is 6.32. The van der Waals surface area contributed by atoms with Crippen LogP contribution in [0.5, 0.6) is 11.5 Å². The maximum absolute atomic E-state index is 13.0. The Morgan fingerprint density at radius 3 is 2.69 bits per heavy atom. The Balaban J connectivity index is 1.62. The number of pyridine rings is 2. The van der Waals surface area contributed by atoms with Gasteiger partial charge in [0.15, 0.2) is 5.65 Å². The summed E-state index contributed by atoms with van der Waals surface area (Å²) in [6.07, 6.45) is 6.56. The van der Waals surface area contributed by atoms with Crippen LogP contribution in [0.15, 0.2) is 55.1 Å². The lowest BCUT2D eigenvalue weighted by atomic mass is 10.1. The van der Waals surface area contributed by atoms with Gasteiger partial charge in [-0.1, -0.05) is 17.7 Å². The molecule has 32 heavy (non-hydrogen) atoms. The second-order valence-electron chi connectivity index (χ2n) is 6.99. The van der Waals surface area contributed by atoms with E-state index >= 15 is 0 Å². The van der Waals surface area contributed by atoms with Gasteiger partial charge in [-0.15, -0.1) is 0 Å². The Hall–Kier alpha value is -3.65. The Morgan fingerprint density at radius 2 is 1.97 bits per heavy atom. The van der Waals surface area contributed by atoms with Crippen LogP contribution < -0.4 is 14.8 Å². The van der Waals surface area contributed by atoms with Gasteiger partial charge in [0.25, 0.3) is 5.91 Å². The second kappa shape index (κ2) is 9.65. The lowest BCUT2D eigenvalue weighted by molar-refractivity contribution is 0.0946. The summed E-state index contributed by atoms with van der Waals surface area (Å²) in [5.74, 6) is 0.721. The molecule has 0 aliphatic rings. The smallest absolute Gasteiger partial charge is 0.256 e. The van der Waals surface area contributed by atoms with E-state index in [0.717, 1.165) is 11.1 Å². The average molecular weight is 452 g/mol. The monoisotopic (exact) mass is 451 g/mol. The first kappa shape index (κ1) is 21.6. The number of rotatable bonds is 8. The van der Waals surface area contributed by atoms with Crippen LogP contribution in [0.2, 0.25) is 5.02 Å². The Labute approximate surface area is 190 Å². The van der Waals surface area contributed by atoms with E-state index in [1.807, 2.05) is 25.1 Å². The predicted molar refractivity (Wildman–Crippen MR) is 121 cm³/mol. The molecule has 8 nitrogen and oxygen atoms in total. The van der Waals surface area contributed by atoms with E-state index in [0.29, 0.717) is 46.2 Å². The first-order chi connectivity index (χ1) is 15.6. The van der Waals surface area contributed by atoms with Crippen molar-refractivity contribution in [2.75, 3.05) is 7.11 Å². The number of ether oxygens (including phenoxy) is 2. The summed E-state index contributed by atoms with van der Waals surface area (Å²) < 4.78 is 13.1. The molecule has 1 amide bonds. The van der Waals surface area contributed by atoms with Gasteiger partial charge in [-0.05, 0) is 42.3 Å². The van der Waals surface area contributed by atoms with Gasteiger partial charge in [0.05, 0.1) is 23.7 Å². The van der Waals surface area contributed by atoms with Gasteiger partial charge in [-0.25, -0.2) is 9.67 Å². The van der Waals surface area contributed by atoms with E-state index < -0.39 is 0 Å². The molecule has 3 heterocycles. The van der Waals surface area contributed by atoms with Gasteiger partial charge in [-0.3, -0.25) is 9.78 Å². The highest BCUT2D eigenvalue weighted by atomic mass is 35.5. The fourth-order valence-corrected chi connectivity index (χ4v) is 3.57. The van der Waals surface area contributed by atoms with Crippen molar-refractivity contribution in [3.63, 3.8) is 0 Å². The van der Waals surface area contributed by atoms with Crippen molar-refractivity contribution in [2.24, 2.45) is 0 Å². The number of methoxy groups -OCH3 is 1. The molecule has 0 atom stereocenters. The number of fused-ring (bicyclic) bond motifs is 1. The third kappa shape index (κ3) is 4.50. The molecular weight excluding hydrogens is 430 g/mol. The number of benzene rings is 1. The molecule has 0 radical (unpaired) electrons. The molecule has 3 aromatic heterocycles. The Kier molecular flexibility index (Phi) is 6.51. The highest BCUT2D eigenvalue weighted by Gasteiger charge is 2.20. The van der Waals surface area contributed by atoms with Crippen LogP contribution in [-0.2, 0) is 19.7 Å². The number of nitrogens with one attached hydrogen (secondary N) is 1. The van der Waals surface area contributed by atoms with Gasteiger partial charge in [0.1, 0.15) is 23.7 Å². The molecule has 4 rings (SSSR count). The van der Waals surface area contributed by atoms with Gasteiger partial charge >= 0.3 is 0 Å². The number of carbonyl (C=O) groups is 1. The number of carbonyl (C=O) groups excluding carboxylic acids is 1. The van der Waals surface area contributed by atoms with Crippen molar-refractivity contribution in [3.05, 3.63) is 76.8 Å². The first-order valence-corrected chi connectivity index (χ1v) is 10.4. The molecule has 0 bridgehead atoms. The van der Waals surface area contributed by atoms with Crippen molar-refractivity contribution >= 4 is 28.5 Å². The summed E-state index contributed by atoms with van der Waals surface area (Å²) >= 11 is 6.24. The van der Waals surface area contributed by atoms with Crippen LogP contribution in [0.3, 0.4) is 0 Å². The van der Waals surface area contributed by atoms with Crippen molar-refractivity contribution in [2.45, 2.75) is 26.6 Å². The fraction of sp³-hybridized carbons (Fsp3) is 0.217. The third-order valence-corrected chi connectivity index (χ3v) is 5.26. The molecule has 0 unspecified atom stereocenters. The van der Waals surface area contributed by atoms with E-state index in [4.69, 9.17) is 21.1 Å². The number of halogens is 1. The number of hydrogen-bond acceptors (Lipinski definition) is 6. The van der Waals surface area contributed by atoms with Crippen LogP contribution >= 0.6 is 11.6 Å². The quantitative estimate of drug-likeness (QED) is 0.435. The van der Waals surface area contributed by atoms with Crippen LogP contribution in [0.1, 0.15) is 28.4 Å². The molecule has 0 aliphatic carbocycles. The number of amides is 1. The Bertz CT molecular complexity index is 1240. The molecule has 0 fully saturated rings. The molecule has 4 aromatic rings. The number of aryl methyl sites for hydroxylation is 1. The van der Waals surface area contributed by atoms with Crippen molar-refractivity contribution in [1.29, 1.82) is 0 Å². The van der Waals surface area contributed by atoms with Crippen LogP contribution in [-0.4, -0.2) is 32.8 Å². The second-order valence-corrected chi connectivity index (χ2v) is 7.40. The van der Waals surface area contributed by atoms with Gasteiger partial charge < -0.3 is 14.8 Å². The van der Waals surface area contributed by atoms with Gasteiger partial charge in [-0.2, -0.15) is 5.10 Å². The molecule has 1 N–H and O–H groups in total. The van der Waals surface area contributed by atoms with E-state index in [1.165, 1.54) is 6.20 Å². The topological polar surface area (TPSA) is 91.2 Å². The summed E-state index contributed by atoms with van der Waals surface area (Å²) in [6.45, 7) is 3.20. The molecule has 0 aliphatic heterocycles. The summed E-state index contributed by atoms with van der Waals surface area (Å²) in [5, 5.41) is 8.43. The fourth-order valence-electron chi connectivity index (χ4n) is 3.29. The van der Waals surface area contributed by atoms with Gasteiger partial charge in [0, 0.05) is 31.7 Å². The zero-order valence-corrected chi connectivity index (χ0v) is 18.5. The minimum Gasteiger partial charge on any atom is -0.495 e. The maximum atomic E-state index is 13.0. The van der Waals surface area contributed by atoms with E-state index in [2.05, 4.69) is 20.4 Å². The zero-order chi connectivity index (χ0) is 22.5. The van der Waals surface area contributed by atoms with Crippen molar-refractivity contribution in [1.82, 2.24) is 25.1 Å². The molecule has 164 valence electrons. The van der Waals surface area contributed by atoms with Gasteiger partial charge in [0.2, 0.25) is 0 Å². The van der Waals surface area contributed by atoms with Crippen molar-refractivity contribution < 1.29 is 14.3 Å². The minimum atomic E-state index is -0.289. The molecule has 9 heteroatoms.